The predicted octanol–water partition coefficient (Wildman–Crippen LogP) is 3.58. The van der Waals surface area contributed by atoms with Crippen LogP contribution in [0.2, 0.25) is 0 Å². The zero-order valence-corrected chi connectivity index (χ0v) is 10.2. The SMILES string of the molecule is CC(N)c1ccc(-c2ccc3ncsc3c2)o1. The third-order valence-corrected chi connectivity index (χ3v) is 3.48. The summed E-state index contributed by atoms with van der Waals surface area (Å²) < 4.78 is 6.88. The minimum absolute atomic E-state index is 0.0733. The second-order valence-electron chi connectivity index (χ2n) is 4.03. The van der Waals surface area contributed by atoms with Gasteiger partial charge in [0, 0.05) is 5.56 Å². The molecule has 3 aromatic rings. The van der Waals surface area contributed by atoms with Crippen molar-refractivity contribution in [2.24, 2.45) is 5.73 Å². The third-order valence-electron chi connectivity index (χ3n) is 2.69. The van der Waals surface area contributed by atoms with Gasteiger partial charge in [0.15, 0.2) is 0 Å². The van der Waals surface area contributed by atoms with Crippen molar-refractivity contribution >= 4 is 21.6 Å². The van der Waals surface area contributed by atoms with Crippen LogP contribution in [0.15, 0.2) is 40.3 Å². The number of hydrogen-bond donors (Lipinski definition) is 1. The molecule has 0 spiro atoms. The molecule has 3 rings (SSSR count). The van der Waals surface area contributed by atoms with Gasteiger partial charge in [-0.2, -0.15) is 0 Å². The van der Waals surface area contributed by atoms with E-state index in [4.69, 9.17) is 10.2 Å². The van der Waals surface area contributed by atoms with Gasteiger partial charge < -0.3 is 10.2 Å². The minimum Gasteiger partial charge on any atom is -0.459 e. The van der Waals surface area contributed by atoms with Crippen LogP contribution >= 0.6 is 11.3 Å². The molecule has 2 heterocycles. The summed E-state index contributed by atoms with van der Waals surface area (Å²) in [6.07, 6.45) is 0. The maximum absolute atomic E-state index is 5.78. The lowest BCUT2D eigenvalue weighted by Crippen LogP contribution is -2.02. The number of fused-ring (bicyclic) bond motifs is 1. The first-order chi connectivity index (χ1) is 8.24. The van der Waals surface area contributed by atoms with Crippen molar-refractivity contribution in [3.63, 3.8) is 0 Å². The second kappa shape index (κ2) is 3.98. The molecule has 3 nitrogen and oxygen atoms in total. The highest BCUT2D eigenvalue weighted by molar-refractivity contribution is 7.16. The standard InChI is InChI=1S/C13H12N2OS/c1-8(14)11-4-5-12(16-11)9-2-3-10-13(6-9)17-7-15-10/h2-8H,14H2,1H3. The van der Waals surface area contributed by atoms with Gasteiger partial charge in [-0.1, -0.05) is 0 Å². The van der Waals surface area contributed by atoms with Crippen LogP contribution in [0, 0.1) is 0 Å². The summed E-state index contributed by atoms with van der Waals surface area (Å²) in [5.41, 5.74) is 9.72. The van der Waals surface area contributed by atoms with Gasteiger partial charge in [0.1, 0.15) is 11.5 Å². The lowest BCUT2D eigenvalue weighted by molar-refractivity contribution is 0.491. The van der Waals surface area contributed by atoms with Crippen LogP contribution in [-0.2, 0) is 0 Å². The van der Waals surface area contributed by atoms with Gasteiger partial charge in [-0.15, -0.1) is 11.3 Å². The summed E-state index contributed by atoms with van der Waals surface area (Å²) in [5, 5.41) is 0. The molecule has 1 unspecified atom stereocenters. The fraction of sp³-hybridized carbons (Fsp3) is 0.154. The zero-order chi connectivity index (χ0) is 11.8. The van der Waals surface area contributed by atoms with E-state index < -0.39 is 0 Å². The first-order valence-electron chi connectivity index (χ1n) is 5.43. The predicted molar refractivity (Wildman–Crippen MR) is 69.9 cm³/mol. The lowest BCUT2D eigenvalue weighted by atomic mass is 10.2. The van der Waals surface area contributed by atoms with Crippen LogP contribution in [-0.4, -0.2) is 4.98 Å². The van der Waals surface area contributed by atoms with Gasteiger partial charge in [0.25, 0.3) is 0 Å². The first kappa shape index (κ1) is 10.5. The van der Waals surface area contributed by atoms with Crippen molar-refractivity contribution in [3.8, 4) is 11.3 Å². The van der Waals surface area contributed by atoms with Crippen LogP contribution in [0.1, 0.15) is 18.7 Å². The molecule has 1 aromatic carbocycles. The summed E-state index contributed by atoms with van der Waals surface area (Å²) in [7, 11) is 0. The Hall–Kier alpha value is -1.65. The first-order valence-corrected chi connectivity index (χ1v) is 6.31. The average molecular weight is 244 g/mol. The van der Waals surface area contributed by atoms with Crippen molar-refractivity contribution in [3.05, 3.63) is 41.6 Å². The van der Waals surface area contributed by atoms with E-state index in [1.807, 2.05) is 36.7 Å². The molecule has 0 bridgehead atoms. The summed E-state index contributed by atoms with van der Waals surface area (Å²) in [6, 6.07) is 9.94. The highest BCUT2D eigenvalue weighted by atomic mass is 32.1. The van der Waals surface area contributed by atoms with Gasteiger partial charge in [-0.3, -0.25) is 0 Å². The van der Waals surface area contributed by atoms with Crippen molar-refractivity contribution in [2.45, 2.75) is 13.0 Å². The minimum atomic E-state index is -0.0733. The molecule has 0 aliphatic carbocycles. The molecule has 2 aromatic heterocycles. The number of rotatable bonds is 2. The Bertz CT molecular complexity index is 654. The van der Waals surface area contributed by atoms with Gasteiger partial charge in [-0.05, 0) is 37.3 Å². The van der Waals surface area contributed by atoms with E-state index in [2.05, 4.69) is 11.1 Å². The largest absolute Gasteiger partial charge is 0.459 e. The van der Waals surface area contributed by atoms with E-state index in [0.29, 0.717) is 0 Å². The van der Waals surface area contributed by atoms with E-state index in [0.717, 1.165) is 22.6 Å². The number of thiazole rings is 1. The number of benzene rings is 1. The molecule has 86 valence electrons. The van der Waals surface area contributed by atoms with E-state index in [1.54, 1.807) is 11.3 Å². The molecule has 0 fully saturated rings. The summed E-state index contributed by atoms with van der Waals surface area (Å²) in [6.45, 7) is 1.91. The monoisotopic (exact) mass is 244 g/mol. The summed E-state index contributed by atoms with van der Waals surface area (Å²) >= 11 is 1.63. The van der Waals surface area contributed by atoms with Crippen molar-refractivity contribution in [1.82, 2.24) is 4.98 Å². The molecule has 0 radical (unpaired) electrons. The average Bonchev–Trinajstić information content (AvgIpc) is 2.97. The van der Waals surface area contributed by atoms with E-state index in [9.17, 15) is 0 Å². The highest BCUT2D eigenvalue weighted by Crippen LogP contribution is 2.28. The molecular formula is C13H12N2OS. The Morgan fingerprint density at radius 1 is 1.29 bits per heavy atom. The number of nitrogens with two attached hydrogens (primary N) is 1. The van der Waals surface area contributed by atoms with Gasteiger partial charge in [0.2, 0.25) is 0 Å². The molecule has 0 aliphatic heterocycles. The molecule has 0 saturated carbocycles. The third kappa shape index (κ3) is 1.85. The Balaban J connectivity index is 2.06. The highest BCUT2D eigenvalue weighted by Gasteiger charge is 2.08. The maximum atomic E-state index is 5.78. The fourth-order valence-electron chi connectivity index (χ4n) is 1.76. The normalized spacial score (nSPS) is 13.1. The Labute approximate surface area is 103 Å². The Morgan fingerprint density at radius 2 is 2.18 bits per heavy atom. The molecule has 1 atom stereocenters. The molecule has 4 heteroatoms. The van der Waals surface area contributed by atoms with E-state index >= 15 is 0 Å². The van der Waals surface area contributed by atoms with Crippen molar-refractivity contribution < 1.29 is 4.42 Å². The summed E-state index contributed by atoms with van der Waals surface area (Å²) in [5.74, 6) is 1.66. The quantitative estimate of drug-likeness (QED) is 0.749. The number of furan rings is 1. The van der Waals surface area contributed by atoms with E-state index in [1.165, 1.54) is 4.70 Å². The van der Waals surface area contributed by atoms with Crippen molar-refractivity contribution in [1.29, 1.82) is 0 Å². The van der Waals surface area contributed by atoms with Crippen LogP contribution in [0.25, 0.3) is 21.5 Å². The lowest BCUT2D eigenvalue weighted by Gasteiger charge is -2.00. The smallest absolute Gasteiger partial charge is 0.134 e. The molecular weight excluding hydrogens is 232 g/mol. The Kier molecular flexibility index (Phi) is 2.46. The van der Waals surface area contributed by atoms with Gasteiger partial charge in [-0.25, -0.2) is 4.98 Å². The van der Waals surface area contributed by atoms with Crippen LogP contribution in [0.5, 0.6) is 0 Å². The number of aromatic nitrogens is 1. The van der Waals surface area contributed by atoms with E-state index in [-0.39, 0.29) is 6.04 Å². The summed E-state index contributed by atoms with van der Waals surface area (Å²) in [4.78, 5) is 4.25. The van der Waals surface area contributed by atoms with Crippen LogP contribution in [0.3, 0.4) is 0 Å². The number of hydrogen-bond acceptors (Lipinski definition) is 4. The van der Waals surface area contributed by atoms with Gasteiger partial charge in [0.05, 0.1) is 21.8 Å². The molecule has 0 amide bonds. The van der Waals surface area contributed by atoms with Crippen LogP contribution < -0.4 is 5.73 Å². The molecule has 17 heavy (non-hydrogen) atoms. The molecule has 0 saturated heterocycles. The van der Waals surface area contributed by atoms with Crippen LogP contribution in [0.4, 0.5) is 0 Å². The maximum Gasteiger partial charge on any atom is 0.134 e. The van der Waals surface area contributed by atoms with Crippen molar-refractivity contribution in [2.75, 3.05) is 0 Å². The topological polar surface area (TPSA) is 52.0 Å². The fourth-order valence-corrected chi connectivity index (χ4v) is 2.48. The second-order valence-corrected chi connectivity index (χ2v) is 4.91. The molecule has 0 aliphatic rings. The number of nitrogens with zero attached hydrogens (tertiary/aromatic N) is 1. The van der Waals surface area contributed by atoms with Gasteiger partial charge >= 0.3 is 0 Å². The zero-order valence-electron chi connectivity index (χ0n) is 9.38. The Morgan fingerprint density at radius 3 is 2.94 bits per heavy atom. The molecule has 2 N–H and O–H groups in total.